The SMILES string of the molecule is Cc1cnc2c(c1)c1c(n2CCc2ccncc2)CCN(C)C1. The van der Waals surface area contributed by atoms with Crippen molar-refractivity contribution in [2.45, 2.75) is 32.9 Å². The van der Waals surface area contributed by atoms with Crippen LogP contribution in [-0.4, -0.2) is 33.0 Å². The standard InChI is InChI=1S/C19H22N4/c1-14-11-16-17-13-22(2)9-6-18(17)23(19(16)21-12-14)10-5-15-3-7-20-8-4-15/h3-4,7-8,11-12H,5-6,9-10,13H2,1-2H3. The highest BCUT2D eigenvalue weighted by Crippen LogP contribution is 2.30. The summed E-state index contributed by atoms with van der Waals surface area (Å²) in [6.45, 7) is 5.26. The molecule has 0 radical (unpaired) electrons. The van der Waals surface area contributed by atoms with Gasteiger partial charge in [-0.15, -0.1) is 0 Å². The molecular weight excluding hydrogens is 284 g/mol. The Morgan fingerprint density at radius 2 is 2.04 bits per heavy atom. The van der Waals surface area contributed by atoms with Crippen LogP contribution in [0.2, 0.25) is 0 Å². The minimum atomic E-state index is 0.982. The molecule has 3 aromatic heterocycles. The van der Waals surface area contributed by atoms with Crippen molar-refractivity contribution in [2.24, 2.45) is 0 Å². The predicted octanol–water partition coefficient (Wildman–Crippen LogP) is 2.97. The summed E-state index contributed by atoms with van der Waals surface area (Å²) in [5.41, 5.74) is 6.66. The van der Waals surface area contributed by atoms with Gasteiger partial charge in [-0.1, -0.05) is 0 Å². The molecule has 1 aliphatic heterocycles. The van der Waals surface area contributed by atoms with E-state index >= 15 is 0 Å². The molecule has 0 N–H and O–H groups in total. The van der Waals surface area contributed by atoms with E-state index in [4.69, 9.17) is 4.98 Å². The lowest BCUT2D eigenvalue weighted by Gasteiger charge is -2.24. The monoisotopic (exact) mass is 306 g/mol. The highest BCUT2D eigenvalue weighted by molar-refractivity contribution is 5.83. The summed E-state index contributed by atoms with van der Waals surface area (Å²) in [7, 11) is 2.20. The van der Waals surface area contributed by atoms with Gasteiger partial charge < -0.3 is 9.47 Å². The number of likely N-dealkylation sites (N-methyl/N-ethyl adjacent to an activating group) is 1. The van der Waals surface area contributed by atoms with Gasteiger partial charge >= 0.3 is 0 Å². The average Bonchev–Trinajstić information content (AvgIpc) is 2.86. The van der Waals surface area contributed by atoms with E-state index in [9.17, 15) is 0 Å². The number of aryl methyl sites for hydroxylation is 3. The summed E-state index contributed by atoms with van der Waals surface area (Å²) >= 11 is 0. The molecule has 4 nitrogen and oxygen atoms in total. The molecule has 0 aliphatic carbocycles. The Hall–Kier alpha value is -2.20. The fourth-order valence-corrected chi connectivity index (χ4v) is 3.58. The van der Waals surface area contributed by atoms with E-state index < -0.39 is 0 Å². The zero-order valence-corrected chi connectivity index (χ0v) is 13.8. The van der Waals surface area contributed by atoms with E-state index in [1.165, 1.54) is 27.8 Å². The van der Waals surface area contributed by atoms with Gasteiger partial charge in [-0.3, -0.25) is 4.98 Å². The Balaban J connectivity index is 1.76. The molecule has 0 saturated carbocycles. The number of hydrogen-bond acceptors (Lipinski definition) is 3. The minimum absolute atomic E-state index is 0.982. The van der Waals surface area contributed by atoms with E-state index in [0.29, 0.717) is 0 Å². The maximum atomic E-state index is 4.76. The van der Waals surface area contributed by atoms with E-state index in [1.54, 1.807) is 0 Å². The maximum Gasteiger partial charge on any atom is 0.140 e. The first-order valence-corrected chi connectivity index (χ1v) is 8.26. The van der Waals surface area contributed by atoms with E-state index in [2.05, 4.69) is 46.6 Å². The molecule has 3 aromatic rings. The van der Waals surface area contributed by atoms with Crippen LogP contribution < -0.4 is 0 Å². The van der Waals surface area contributed by atoms with Crippen molar-refractivity contribution in [3.63, 3.8) is 0 Å². The number of pyridine rings is 2. The second-order valence-corrected chi connectivity index (χ2v) is 6.55. The Labute approximate surface area is 136 Å². The number of aromatic nitrogens is 3. The molecule has 0 amide bonds. The van der Waals surface area contributed by atoms with Crippen molar-refractivity contribution in [1.82, 2.24) is 19.4 Å². The predicted molar refractivity (Wildman–Crippen MR) is 92.4 cm³/mol. The average molecular weight is 306 g/mol. The molecule has 0 unspecified atom stereocenters. The molecule has 23 heavy (non-hydrogen) atoms. The highest BCUT2D eigenvalue weighted by Gasteiger charge is 2.22. The van der Waals surface area contributed by atoms with Gasteiger partial charge in [-0.2, -0.15) is 0 Å². The largest absolute Gasteiger partial charge is 0.329 e. The zero-order valence-electron chi connectivity index (χ0n) is 13.8. The fraction of sp³-hybridized carbons (Fsp3) is 0.368. The van der Waals surface area contributed by atoms with Gasteiger partial charge in [0.2, 0.25) is 0 Å². The Morgan fingerprint density at radius 3 is 2.87 bits per heavy atom. The van der Waals surface area contributed by atoms with Crippen LogP contribution in [0.5, 0.6) is 0 Å². The summed E-state index contributed by atoms with van der Waals surface area (Å²) in [6.07, 6.45) is 7.85. The molecule has 0 saturated heterocycles. The summed E-state index contributed by atoms with van der Waals surface area (Å²) in [5.74, 6) is 0. The van der Waals surface area contributed by atoms with Gasteiger partial charge in [0.05, 0.1) is 0 Å². The molecule has 4 heterocycles. The molecule has 0 atom stereocenters. The minimum Gasteiger partial charge on any atom is -0.329 e. The molecular formula is C19H22N4. The number of nitrogens with zero attached hydrogens (tertiary/aromatic N) is 4. The first kappa shape index (κ1) is 14.4. The van der Waals surface area contributed by atoms with Crippen LogP contribution in [0.3, 0.4) is 0 Å². The summed E-state index contributed by atoms with van der Waals surface area (Å²) < 4.78 is 2.44. The summed E-state index contributed by atoms with van der Waals surface area (Å²) in [4.78, 5) is 11.3. The number of rotatable bonds is 3. The second kappa shape index (κ2) is 5.78. The quantitative estimate of drug-likeness (QED) is 0.746. The molecule has 4 rings (SSSR count). The van der Waals surface area contributed by atoms with Gasteiger partial charge in [0, 0.05) is 55.7 Å². The normalized spacial score (nSPS) is 15.0. The molecule has 1 aliphatic rings. The summed E-state index contributed by atoms with van der Waals surface area (Å²) in [5, 5.41) is 1.33. The van der Waals surface area contributed by atoms with Gasteiger partial charge in [0.25, 0.3) is 0 Å². The van der Waals surface area contributed by atoms with Crippen molar-refractivity contribution in [3.05, 3.63) is 59.2 Å². The van der Waals surface area contributed by atoms with Crippen LogP contribution in [-0.2, 0) is 25.9 Å². The topological polar surface area (TPSA) is 34.0 Å². The zero-order chi connectivity index (χ0) is 15.8. The van der Waals surface area contributed by atoms with Crippen molar-refractivity contribution < 1.29 is 0 Å². The van der Waals surface area contributed by atoms with Crippen LogP contribution >= 0.6 is 0 Å². The highest BCUT2D eigenvalue weighted by atomic mass is 15.1. The first-order chi connectivity index (χ1) is 11.2. The van der Waals surface area contributed by atoms with Crippen LogP contribution in [0.1, 0.15) is 22.4 Å². The first-order valence-electron chi connectivity index (χ1n) is 8.26. The molecule has 0 aromatic carbocycles. The Kier molecular flexibility index (Phi) is 3.62. The lowest BCUT2D eigenvalue weighted by molar-refractivity contribution is 0.309. The lowest BCUT2D eigenvalue weighted by Crippen LogP contribution is -2.27. The molecule has 4 heteroatoms. The molecule has 0 spiro atoms. The smallest absolute Gasteiger partial charge is 0.140 e. The number of fused-ring (bicyclic) bond motifs is 3. The summed E-state index contributed by atoms with van der Waals surface area (Å²) in [6, 6.07) is 6.50. The van der Waals surface area contributed by atoms with Gasteiger partial charge in [0.1, 0.15) is 5.65 Å². The Morgan fingerprint density at radius 1 is 1.22 bits per heavy atom. The third kappa shape index (κ3) is 2.63. The van der Waals surface area contributed by atoms with Crippen molar-refractivity contribution >= 4 is 11.0 Å². The number of hydrogen-bond donors (Lipinski definition) is 0. The molecule has 0 bridgehead atoms. The van der Waals surface area contributed by atoms with Crippen molar-refractivity contribution in [3.8, 4) is 0 Å². The maximum absolute atomic E-state index is 4.76. The Bertz CT molecular complexity index is 835. The van der Waals surface area contributed by atoms with Gasteiger partial charge in [0.15, 0.2) is 0 Å². The van der Waals surface area contributed by atoms with E-state index in [-0.39, 0.29) is 0 Å². The third-order valence-electron chi connectivity index (χ3n) is 4.79. The van der Waals surface area contributed by atoms with Crippen LogP contribution in [0.15, 0.2) is 36.8 Å². The third-order valence-corrected chi connectivity index (χ3v) is 4.79. The van der Waals surface area contributed by atoms with Gasteiger partial charge in [-0.25, -0.2) is 4.98 Å². The second-order valence-electron chi connectivity index (χ2n) is 6.55. The van der Waals surface area contributed by atoms with Crippen molar-refractivity contribution in [1.29, 1.82) is 0 Å². The molecule has 118 valence electrons. The van der Waals surface area contributed by atoms with E-state index in [0.717, 1.165) is 38.1 Å². The van der Waals surface area contributed by atoms with Crippen molar-refractivity contribution in [2.75, 3.05) is 13.6 Å². The lowest BCUT2D eigenvalue weighted by atomic mass is 10.1. The van der Waals surface area contributed by atoms with Crippen LogP contribution in [0.4, 0.5) is 0 Å². The molecule has 0 fully saturated rings. The fourth-order valence-electron chi connectivity index (χ4n) is 3.58. The van der Waals surface area contributed by atoms with E-state index in [1.807, 2.05) is 18.6 Å². The van der Waals surface area contributed by atoms with Crippen LogP contribution in [0, 0.1) is 6.92 Å². The van der Waals surface area contributed by atoms with Gasteiger partial charge in [-0.05, 0) is 55.3 Å². The van der Waals surface area contributed by atoms with Crippen LogP contribution in [0.25, 0.3) is 11.0 Å².